The second kappa shape index (κ2) is 23.1. The van der Waals surface area contributed by atoms with Crippen LogP contribution in [-0.4, -0.2) is 30.8 Å². The van der Waals surface area contributed by atoms with Gasteiger partial charge in [-0.2, -0.15) is 0 Å². The van der Waals surface area contributed by atoms with Crippen LogP contribution in [0.1, 0.15) is 116 Å². The van der Waals surface area contributed by atoms with Gasteiger partial charge in [-0.3, -0.25) is 13.6 Å². The number of unbranched alkanes of at least 4 members (excludes halogenated alkanes) is 12. The highest BCUT2D eigenvalue weighted by molar-refractivity contribution is 9.09. The Bertz CT molecular complexity index is 314. The van der Waals surface area contributed by atoms with Crippen LogP contribution in [0.25, 0.3) is 0 Å². The van der Waals surface area contributed by atoms with Crippen molar-refractivity contribution < 1.29 is 18.3 Å². The number of halogens is 3. The molecule has 0 N–H and O–H groups in total. The fraction of sp³-hybridized carbons (Fsp3) is 0.957. The third-order valence-corrected chi connectivity index (χ3v) is 5.69. The summed E-state index contributed by atoms with van der Waals surface area (Å²) in [7, 11) is 0. The molecule has 0 saturated carbocycles. The Morgan fingerprint density at radius 2 is 1.07 bits per heavy atom. The summed E-state index contributed by atoms with van der Waals surface area (Å²) < 4.78 is 30.0. The summed E-state index contributed by atoms with van der Waals surface area (Å²) in [4.78, 5) is 12.2. The minimum absolute atomic E-state index is 0.0169. The number of carbonyl (C=O) groups excluding carboxylic acids is 1. The summed E-state index contributed by atoms with van der Waals surface area (Å²) in [5, 5.41) is 1.05. The molecule has 0 unspecified atom stereocenters. The van der Waals surface area contributed by atoms with Crippen molar-refractivity contribution in [3.05, 3.63) is 0 Å². The SMILES string of the molecule is O=C(CCCCCCCBr)OC(CCCCCCCF)CCCCCCCF. The molecule has 28 heavy (non-hydrogen) atoms. The monoisotopic (exact) mass is 468 g/mol. The van der Waals surface area contributed by atoms with Gasteiger partial charge < -0.3 is 4.74 Å². The van der Waals surface area contributed by atoms with E-state index in [-0.39, 0.29) is 25.4 Å². The van der Waals surface area contributed by atoms with Gasteiger partial charge in [0.25, 0.3) is 0 Å². The average Bonchev–Trinajstić information content (AvgIpc) is 2.69. The van der Waals surface area contributed by atoms with E-state index in [0.717, 1.165) is 82.4 Å². The summed E-state index contributed by atoms with van der Waals surface area (Å²) in [5.74, 6) is -0.0552. The van der Waals surface area contributed by atoms with Gasteiger partial charge in [0.1, 0.15) is 6.10 Å². The Labute approximate surface area is 180 Å². The first-order valence-electron chi connectivity index (χ1n) is 11.6. The largest absolute Gasteiger partial charge is 0.462 e. The van der Waals surface area contributed by atoms with Gasteiger partial charge in [-0.1, -0.05) is 73.7 Å². The van der Waals surface area contributed by atoms with Gasteiger partial charge in [-0.25, -0.2) is 0 Å². The van der Waals surface area contributed by atoms with Crippen LogP contribution in [0.2, 0.25) is 0 Å². The van der Waals surface area contributed by atoms with Crippen LogP contribution < -0.4 is 0 Å². The van der Waals surface area contributed by atoms with Crippen LogP contribution in [0, 0.1) is 0 Å². The van der Waals surface area contributed by atoms with Crippen molar-refractivity contribution in [1.82, 2.24) is 0 Å². The second-order valence-corrected chi connectivity index (χ2v) is 8.60. The number of hydrogen-bond donors (Lipinski definition) is 0. The van der Waals surface area contributed by atoms with Crippen molar-refractivity contribution >= 4 is 21.9 Å². The fourth-order valence-corrected chi connectivity index (χ4v) is 3.79. The Morgan fingerprint density at radius 1 is 0.643 bits per heavy atom. The maximum atomic E-state index is 12.2. The number of rotatable bonds is 22. The smallest absolute Gasteiger partial charge is 0.306 e. The van der Waals surface area contributed by atoms with E-state index in [4.69, 9.17) is 4.74 Å². The summed E-state index contributed by atoms with van der Waals surface area (Å²) >= 11 is 3.44. The molecule has 0 amide bonds. The highest BCUT2D eigenvalue weighted by Gasteiger charge is 2.14. The molecule has 0 saturated heterocycles. The van der Waals surface area contributed by atoms with E-state index < -0.39 is 0 Å². The zero-order valence-electron chi connectivity index (χ0n) is 17.9. The molecule has 0 aromatic rings. The first-order valence-corrected chi connectivity index (χ1v) is 12.7. The van der Waals surface area contributed by atoms with Crippen LogP contribution in [-0.2, 0) is 9.53 Å². The number of esters is 1. The average molecular weight is 469 g/mol. The maximum absolute atomic E-state index is 12.2. The molecule has 0 bridgehead atoms. The van der Waals surface area contributed by atoms with Crippen LogP contribution in [0.5, 0.6) is 0 Å². The van der Waals surface area contributed by atoms with Crippen molar-refractivity contribution in [3.63, 3.8) is 0 Å². The van der Waals surface area contributed by atoms with Gasteiger partial charge in [0, 0.05) is 11.8 Å². The molecule has 0 aliphatic rings. The molecule has 0 aromatic heterocycles. The predicted molar refractivity (Wildman–Crippen MR) is 119 cm³/mol. The van der Waals surface area contributed by atoms with Gasteiger partial charge >= 0.3 is 5.97 Å². The van der Waals surface area contributed by atoms with Gasteiger partial charge in [-0.05, 0) is 51.4 Å². The Hall–Kier alpha value is -0.190. The fourth-order valence-electron chi connectivity index (χ4n) is 3.39. The number of ether oxygens (including phenoxy) is 1. The minimum Gasteiger partial charge on any atom is -0.462 e. The zero-order chi connectivity index (χ0) is 20.7. The van der Waals surface area contributed by atoms with E-state index in [1.54, 1.807) is 0 Å². The summed E-state index contributed by atoms with van der Waals surface area (Å²) in [5.41, 5.74) is 0. The Kier molecular flexibility index (Phi) is 22.9. The molecule has 0 radical (unpaired) electrons. The minimum atomic E-state index is -0.223. The second-order valence-electron chi connectivity index (χ2n) is 7.81. The molecule has 0 rings (SSSR count). The highest BCUT2D eigenvalue weighted by Crippen LogP contribution is 2.18. The molecular formula is C23H43BrF2O2. The van der Waals surface area contributed by atoms with E-state index in [0.29, 0.717) is 19.3 Å². The third kappa shape index (κ3) is 20.5. The first-order chi connectivity index (χ1) is 13.7. The van der Waals surface area contributed by atoms with E-state index in [1.807, 2.05) is 0 Å². The molecule has 2 nitrogen and oxygen atoms in total. The molecule has 0 spiro atoms. The van der Waals surface area contributed by atoms with Crippen LogP contribution in [0.15, 0.2) is 0 Å². The molecule has 0 heterocycles. The lowest BCUT2D eigenvalue weighted by atomic mass is 10.0. The van der Waals surface area contributed by atoms with Crippen molar-refractivity contribution in [1.29, 1.82) is 0 Å². The topological polar surface area (TPSA) is 26.3 Å². The molecule has 5 heteroatoms. The number of alkyl halides is 3. The van der Waals surface area contributed by atoms with Crippen molar-refractivity contribution in [3.8, 4) is 0 Å². The van der Waals surface area contributed by atoms with Crippen LogP contribution in [0.3, 0.4) is 0 Å². The lowest BCUT2D eigenvalue weighted by Gasteiger charge is -2.18. The van der Waals surface area contributed by atoms with Crippen molar-refractivity contribution in [2.45, 2.75) is 122 Å². The normalized spacial score (nSPS) is 11.3. The third-order valence-electron chi connectivity index (χ3n) is 5.13. The lowest BCUT2D eigenvalue weighted by molar-refractivity contribution is -0.150. The van der Waals surface area contributed by atoms with Gasteiger partial charge in [-0.15, -0.1) is 0 Å². The summed E-state index contributed by atoms with van der Waals surface area (Å²) in [6.07, 6.45) is 17.6. The molecule has 0 atom stereocenters. The van der Waals surface area contributed by atoms with Gasteiger partial charge in [0.05, 0.1) is 13.3 Å². The molecule has 0 aromatic carbocycles. The van der Waals surface area contributed by atoms with E-state index in [9.17, 15) is 13.6 Å². The molecule has 0 aliphatic heterocycles. The van der Waals surface area contributed by atoms with Crippen LogP contribution >= 0.6 is 15.9 Å². The quantitative estimate of drug-likeness (QED) is 0.0906. The Balaban J connectivity index is 3.99. The van der Waals surface area contributed by atoms with E-state index >= 15 is 0 Å². The maximum Gasteiger partial charge on any atom is 0.306 e. The van der Waals surface area contributed by atoms with Crippen molar-refractivity contribution in [2.75, 3.05) is 18.7 Å². The van der Waals surface area contributed by atoms with E-state index in [2.05, 4.69) is 15.9 Å². The number of carbonyl (C=O) groups is 1. The summed E-state index contributed by atoms with van der Waals surface area (Å²) in [6, 6.07) is 0. The van der Waals surface area contributed by atoms with Gasteiger partial charge in [0.15, 0.2) is 0 Å². The number of hydrogen-bond acceptors (Lipinski definition) is 2. The molecular weight excluding hydrogens is 426 g/mol. The predicted octanol–water partition coefficient (Wildman–Crippen LogP) is 8.25. The van der Waals surface area contributed by atoms with Crippen molar-refractivity contribution in [2.24, 2.45) is 0 Å². The zero-order valence-corrected chi connectivity index (χ0v) is 19.5. The Morgan fingerprint density at radius 3 is 1.57 bits per heavy atom. The lowest BCUT2D eigenvalue weighted by Crippen LogP contribution is -2.18. The molecule has 168 valence electrons. The van der Waals surface area contributed by atoms with E-state index in [1.165, 1.54) is 19.3 Å². The van der Waals surface area contributed by atoms with Crippen LogP contribution in [0.4, 0.5) is 8.78 Å². The molecule has 0 aliphatic carbocycles. The standard InChI is InChI=1S/C23H43BrF2O2/c24-19-13-7-1-6-12-18-23(27)28-22(16-10-4-2-8-14-20-25)17-11-5-3-9-15-21-26/h22H,1-21H2. The highest BCUT2D eigenvalue weighted by atomic mass is 79.9. The summed E-state index contributed by atoms with van der Waals surface area (Å²) in [6.45, 7) is -0.447. The molecule has 0 fully saturated rings. The van der Waals surface area contributed by atoms with Gasteiger partial charge in [0.2, 0.25) is 0 Å². The first kappa shape index (κ1) is 27.8.